The van der Waals surface area contributed by atoms with Crippen molar-refractivity contribution in [2.24, 2.45) is 11.3 Å². The van der Waals surface area contributed by atoms with Gasteiger partial charge in [-0.15, -0.1) is 0 Å². The van der Waals surface area contributed by atoms with Gasteiger partial charge in [-0.05, 0) is 80.7 Å². The number of hydrogen-bond acceptors (Lipinski definition) is 6. The topological polar surface area (TPSA) is 103 Å². The van der Waals surface area contributed by atoms with Crippen molar-refractivity contribution >= 4 is 34.0 Å². The van der Waals surface area contributed by atoms with Crippen LogP contribution in [0.25, 0.3) is 22.4 Å². The summed E-state index contributed by atoms with van der Waals surface area (Å²) in [5.74, 6) is -3.53. The standard InChI is InChI=1S/C34H37BrF2N4O5/c1-18(2)27(39-30(43)45-6)29(42)40-17-33(11-12-33)15-25(40)28-38-16-26(41(28)31(44)46-32(3,4)5)19-7-9-21-22-10-8-20(35)14-24(22)34(36,37)23(21)13-19/h7-10,13-14,16,18,25,27H,11-12,15,17H2,1-6H3,(H,39,43). The molecule has 9 nitrogen and oxygen atoms in total. The number of methoxy groups -OCH3 is 1. The molecule has 2 aliphatic carbocycles. The molecule has 2 fully saturated rings. The normalized spacial score (nSPS) is 19.5. The molecule has 2 aromatic carbocycles. The van der Waals surface area contributed by atoms with Crippen molar-refractivity contribution in [1.29, 1.82) is 0 Å². The van der Waals surface area contributed by atoms with Crippen LogP contribution in [0.15, 0.2) is 47.1 Å². The van der Waals surface area contributed by atoms with Crippen LogP contribution in [0.1, 0.15) is 76.9 Å². The maximum atomic E-state index is 15.8. The fourth-order valence-electron chi connectivity index (χ4n) is 6.59. The van der Waals surface area contributed by atoms with E-state index in [0.29, 0.717) is 34.1 Å². The Hall–Kier alpha value is -3.80. The van der Waals surface area contributed by atoms with Gasteiger partial charge in [-0.2, -0.15) is 8.78 Å². The van der Waals surface area contributed by atoms with Gasteiger partial charge in [0.1, 0.15) is 17.5 Å². The molecule has 1 saturated carbocycles. The minimum atomic E-state index is -3.25. The van der Waals surface area contributed by atoms with Crippen molar-refractivity contribution in [3.63, 3.8) is 0 Å². The third-order valence-electron chi connectivity index (χ3n) is 9.07. The first kappa shape index (κ1) is 32.2. The highest BCUT2D eigenvalue weighted by molar-refractivity contribution is 9.10. The highest BCUT2D eigenvalue weighted by Gasteiger charge is 2.56. The number of imidazole rings is 1. The summed E-state index contributed by atoms with van der Waals surface area (Å²) in [5, 5.41) is 2.66. The molecule has 1 N–H and O–H groups in total. The molecule has 2 heterocycles. The lowest BCUT2D eigenvalue weighted by Gasteiger charge is -2.31. The first-order valence-corrected chi connectivity index (χ1v) is 16.1. The highest BCUT2D eigenvalue weighted by atomic mass is 79.9. The van der Waals surface area contributed by atoms with Crippen LogP contribution in [0, 0.1) is 11.3 Å². The largest absolute Gasteiger partial charge is 0.453 e. The Morgan fingerprint density at radius 2 is 1.72 bits per heavy atom. The maximum Gasteiger partial charge on any atom is 0.420 e. The first-order valence-electron chi connectivity index (χ1n) is 15.3. The number of nitrogens with zero attached hydrogens (tertiary/aromatic N) is 3. The average molecular weight is 700 g/mol. The summed E-state index contributed by atoms with van der Waals surface area (Å²) < 4.78 is 44.1. The number of hydrogen-bond donors (Lipinski definition) is 1. The number of aromatic nitrogens is 2. The number of alkyl carbamates (subject to hydrolysis) is 1. The molecule has 244 valence electrons. The van der Waals surface area contributed by atoms with E-state index in [2.05, 4.69) is 26.2 Å². The molecule has 12 heteroatoms. The van der Waals surface area contributed by atoms with E-state index in [0.717, 1.165) is 12.8 Å². The number of likely N-dealkylation sites (tertiary alicyclic amines) is 1. The lowest BCUT2D eigenvalue weighted by Crippen LogP contribution is -2.51. The van der Waals surface area contributed by atoms with E-state index in [9.17, 15) is 14.4 Å². The number of halogens is 3. The van der Waals surface area contributed by atoms with Crippen LogP contribution in [0.2, 0.25) is 0 Å². The van der Waals surface area contributed by atoms with Crippen molar-refractivity contribution in [3.05, 3.63) is 64.0 Å². The third kappa shape index (κ3) is 5.58. The zero-order chi connectivity index (χ0) is 33.3. The Morgan fingerprint density at radius 3 is 2.33 bits per heavy atom. The molecule has 1 saturated heterocycles. The van der Waals surface area contributed by atoms with E-state index in [4.69, 9.17) is 9.47 Å². The molecule has 2 unspecified atom stereocenters. The number of carbonyl (C=O) groups is 3. The van der Waals surface area contributed by atoms with E-state index in [1.54, 1.807) is 49.9 Å². The highest BCUT2D eigenvalue weighted by Crippen LogP contribution is 2.59. The number of alkyl halides is 2. The predicted octanol–water partition coefficient (Wildman–Crippen LogP) is 7.65. The second-order valence-corrected chi connectivity index (χ2v) is 14.8. The predicted molar refractivity (Wildman–Crippen MR) is 170 cm³/mol. The van der Waals surface area contributed by atoms with E-state index in [-0.39, 0.29) is 39.9 Å². The van der Waals surface area contributed by atoms with Gasteiger partial charge in [0.15, 0.2) is 0 Å². The van der Waals surface area contributed by atoms with Crippen molar-refractivity contribution in [2.45, 2.75) is 77.5 Å². The van der Waals surface area contributed by atoms with Gasteiger partial charge in [-0.1, -0.05) is 48.0 Å². The number of ether oxygens (including phenoxy) is 2. The second-order valence-electron chi connectivity index (χ2n) is 13.9. The lowest BCUT2D eigenvalue weighted by molar-refractivity contribution is -0.135. The SMILES string of the molecule is COC(=O)NC(C(=O)N1CC2(CC2)CC1c1ncc(-c2ccc3c(c2)C(F)(F)c2cc(Br)ccc2-3)n1C(=O)OC(C)(C)C)C(C)C. The minimum absolute atomic E-state index is 0.0922. The fraction of sp³-hybridized carbons (Fsp3) is 0.471. The van der Waals surface area contributed by atoms with Gasteiger partial charge in [0.05, 0.1) is 25.0 Å². The number of amides is 2. The fourth-order valence-corrected chi connectivity index (χ4v) is 6.96. The number of rotatable bonds is 5. The molecule has 1 aliphatic heterocycles. The molecule has 6 rings (SSSR count). The Morgan fingerprint density at radius 1 is 1.07 bits per heavy atom. The van der Waals surface area contributed by atoms with Gasteiger partial charge in [-0.25, -0.2) is 19.1 Å². The number of fused-ring (bicyclic) bond motifs is 3. The second kappa shape index (κ2) is 11.2. The number of nitrogens with one attached hydrogen (secondary N) is 1. The lowest BCUT2D eigenvalue weighted by atomic mass is 10.0. The molecule has 1 aromatic heterocycles. The zero-order valence-electron chi connectivity index (χ0n) is 26.6. The molecule has 46 heavy (non-hydrogen) atoms. The Balaban J connectivity index is 1.45. The van der Waals surface area contributed by atoms with Crippen LogP contribution in [0.5, 0.6) is 0 Å². The quantitative estimate of drug-likeness (QED) is 0.294. The zero-order valence-corrected chi connectivity index (χ0v) is 28.2. The van der Waals surface area contributed by atoms with Crippen LogP contribution in [0.4, 0.5) is 18.4 Å². The first-order chi connectivity index (χ1) is 21.5. The molecular formula is C34H37BrF2N4O5. The molecule has 3 aliphatic rings. The van der Waals surface area contributed by atoms with Crippen LogP contribution in [-0.2, 0) is 20.2 Å². The molecule has 0 bridgehead atoms. The van der Waals surface area contributed by atoms with Crippen molar-refractivity contribution < 1.29 is 32.6 Å². The molecule has 2 amide bonds. The Bertz CT molecular complexity index is 1740. The van der Waals surface area contributed by atoms with E-state index < -0.39 is 35.8 Å². The Labute approximate surface area is 274 Å². The summed E-state index contributed by atoms with van der Waals surface area (Å²) in [7, 11) is 1.24. The third-order valence-corrected chi connectivity index (χ3v) is 9.56. The summed E-state index contributed by atoms with van der Waals surface area (Å²) in [5.41, 5.74) is 0.258. The van der Waals surface area contributed by atoms with E-state index >= 15 is 8.78 Å². The van der Waals surface area contributed by atoms with Gasteiger partial charge in [0.2, 0.25) is 5.91 Å². The Kier molecular flexibility index (Phi) is 7.81. The summed E-state index contributed by atoms with van der Waals surface area (Å²) in [6.07, 6.45) is 2.43. The average Bonchev–Trinajstić information content (AvgIpc) is 3.33. The van der Waals surface area contributed by atoms with Crippen molar-refractivity contribution in [2.75, 3.05) is 13.7 Å². The van der Waals surface area contributed by atoms with Crippen LogP contribution >= 0.6 is 15.9 Å². The van der Waals surface area contributed by atoms with Crippen molar-refractivity contribution in [1.82, 2.24) is 19.8 Å². The maximum absolute atomic E-state index is 15.8. The summed E-state index contributed by atoms with van der Waals surface area (Å²) in [6.45, 7) is 9.32. The molecule has 2 atom stereocenters. The molecule has 0 radical (unpaired) electrons. The van der Waals surface area contributed by atoms with Crippen LogP contribution in [-0.4, -0.2) is 57.8 Å². The van der Waals surface area contributed by atoms with Gasteiger partial charge < -0.3 is 19.7 Å². The summed E-state index contributed by atoms with van der Waals surface area (Å²) >= 11 is 3.30. The molecule has 3 aromatic rings. The summed E-state index contributed by atoms with van der Waals surface area (Å²) in [6, 6.07) is 8.08. The van der Waals surface area contributed by atoms with Crippen molar-refractivity contribution in [3.8, 4) is 22.4 Å². The number of benzene rings is 2. The smallest absolute Gasteiger partial charge is 0.420 e. The monoisotopic (exact) mass is 698 g/mol. The summed E-state index contributed by atoms with van der Waals surface area (Å²) in [4.78, 5) is 46.5. The van der Waals surface area contributed by atoms with Gasteiger partial charge in [-0.3, -0.25) is 4.79 Å². The van der Waals surface area contributed by atoms with Gasteiger partial charge in [0, 0.05) is 27.7 Å². The molecular weight excluding hydrogens is 662 g/mol. The van der Waals surface area contributed by atoms with E-state index in [1.165, 1.54) is 30.0 Å². The van der Waals surface area contributed by atoms with Crippen LogP contribution in [0.3, 0.4) is 0 Å². The van der Waals surface area contributed by atoms with Crippen LogP contribution < -0.4 is 5.32 Å². The van der Waals surface area contributed by atoms with E-state index in [1.807, 2.05) is 13.8 Å². The molecule has 1 spiro atoms. The minimum Gasteiger partial charge on any atom is -0.453 e. The van der Waals surface area contributed by atoms with Gasteiger partial charge in [0.25, 0.3) is 5.92 Å². The number of carbonyl (C=O) groups excluding carboxylic acids is 3. The van der Waals surface area contributed by atoms with Gasteiger partial charge >= 0.3 is 12.2 Å².